The van der Waals surface area contributed by atoms with E-state index in [-0.39, 0.29) is 17.5 Å². The van der Waals surface area contributed by atoms with Crippen LogP contribution in [0.3, 0.4) is 0 Å². The number of amides is 1. The van der Waals surface area contributed by atoms with E-state index in [0.717, 1.165) is 20.5 Å². The van der Waals surface area contributed by atoms with Crippen molar-refractivity contribution in [2.24, 2.45) is 0 Å². The Labute approximate surface area is 144 Å². The van der Waals surface area contributed by atoms with Crippen molar-refractivity contribution in [3.05, 3.63) is 40.3 Å². The van der Waals surface area contributed by atoms with Gasteiger partial charge in [0.2, 0.25) is 5.91 Å². The Hall–Kier alpha value is -2.21. The third kappa shape index (κ3) is 2.71. The molecule has 2 heterocycles. The largest absolute Gasteiger partial charge is 0.352 e. The third-order valence-corrected chi connectivity index (χ3v) is 5.30. The van der Waals surface area contributed by atoms with Crippen molar-refractivity contribution in [3.8, 4) is 0 Å². The van der Waals surface area contributed by atoms with Crippen LogP contribution in [0.5, 0.6) is 0 Å². The van der Waals surface area contributed by atoms with Crippen LogP contribution >= 0.6 is 11.3 Å². The van der Waals surface area contributed by atoms with E-state index in [2.05, 4.69) is 10.4 Å². The van der Waals surface area contributed by atoms with Gasteiger partial charge in [0.25, 0.3) is 5.56 Å². The van der Waals surface area contributed by atoms with Gasteiger partial charge in [0.05, 0.1) is 15.8 Å². The third-order valence-electron chi connectivity index (χ3n) is 4.02. The van der Waals surface area contributed by atoms with Crippen molar-refractivity contribution in [3.63, 3.8) is 0 Å². The highest BCUT2D eigenvalue weighted by Crippen LogP contribution is 2.33. The first-order valence-corrected chi connectivity index (χ1v) is 8.96. The van der Waals surface area contributed by atoms with Crippen LogP contribution in [0, 0.1) is 6.92 Å². The van der Waals surface area contributed by atoms with Crippen LogP contribution in [-0.2, 0) is 4.79 Å². The van der Waals surface area contributed by atoms with Gasteiger partial charge >= 0.3 is 0 Å². The van der Waals surface area contributed by atoms with Gasteiger partial charge in [-0.3, -0.25) is 9.59 Å². The number of nitrogens with one attached hydrogen (secondary N) is 1. The minimum absolute atomic E-state index is 0.0223. The molecule has 24 heavy (non-hydrogen) atoms. The number of hydrogen-bond donors (Lipinski definition) is 1. The molecular formula is C18H21N3O2S. The molecule has 0 saturated carbocycles. The zero-order chi connectivity index (χ0) is 17.4. The monoisotopic (exact) mass is 343 g/mol. The van der Waals surface area contributed by atoms with E-state index < -0.39 is 6.04 Å². The maximum atomic E-state index is 13.1. The van der Waals surface area contributed by atoms with Gasteiger partial charge in [-0.05, 0) is 33.3 Å². The number of aryl methyl sites for hydroxylation is 1. The molecule has 1 aromatic carbocycles. The average molecular weight is 343 g/mol. The highest BCUT2D eigenvalue weighted by molar-refractivity contribution is 7.26. The standard InChI is InChI=1S/C18H21N3O2S/c1-5-13(17(22)19-10(2)3)21-18(23)15-12-8-6-7-9-14(12)24-16(15)11(4)20-21/h6-10,13H,5H2,1-4H3,(H,19,22). The summed E-state index contributed by atoms with van der Waals surface area (Å²) in [7, 11) is 0. The molecule has 6 heteroatoms. The van der Waals surface area contributed by atoms with E-state index in [1.54, 1.807) is 11.3 Å². The second-order valence-electron chi connectivity index (χ2n) is 6.22. The second kappa shape index (κ2) is 6.36. The molecule has 126 valence electrons. The molecule has 5 nitrogen and oxygen atoms in total. The maximum absolute atomic E-state index is 13.1. The summed E-state index contributed by atoms with van der Waals surface area (Å²) in [5.41, 5.74) is 0.584. The summed E-state index contributed by atoms with van der Waals surface area (Å²) in [6, 6.07) is 7.28. The molecule has 0 aliphatic rings. The van der Waals surface area contributed by atoms with Crippen LogP contribution in [0.25, 0.3) is 20.2 Å². The highest BCUT2D eigenvalue weighted by Gasteiger charge is 2.24. The van der Waals surface area contributed by atoms with E-state index in [1.807, 2.05) is 52.0 Å². The molecule has 0 radical (unpaired) electrons. The second-order valence-corrected chi connectivity index (χ2v) is 7.28. The number of aromatic nitrogens is 2. The fourth-order valence-corrected chi connectivity index (χ4v) is 4.08. The molecule has 0 aliphatic heterocycles. The number of thiophene rings is 1. The molecule has 2 aromatic heterocycles. The molecule has 0 bridgehead atoms. The first-order valence-electron chi connectivity index (χ1n) is 8.15. The van der Waals surface area contributed by atoms with Crippen molar-refractivity contribution < 1.29 is 4.79 Å². The van der Waals surface area contributed by atoms with Crippen molar-refractivity contribution in [2.75, 3.05) is 0 Å². The van der Waals surface area contributed by atoms with Gasteiger partial charge in [-0.15, -0.1) is 11.3 Å². The summed E-state index contributed by atoms with van der Waals surface area (Å²) in [6.07, 6.45) is 0.512. The molecule has 0 aliphatic carbocycles. The maximum Gasteiger partial charge on any atom is 0.276 e. The number of carbonyl (C=O) groups is 1. The number of benzene rings is 1. The summed E-state index contributed by atoms with van der Waals surface area (Å²) < 4.78 is 3.32. The van der Waals surface area contributed by atoms with E-state index in [1.165, 1.54) is 4.68 Å². The van der Waals surface area contributed by atoms with Gasteiger partial charge in [-0.1, -0.05) is 25.1 Å². The zero-order valence-electron chi connectivity index (χ0n) is 14.3. The minimum Gasteiger partial charge on any atom is -0.352 e. The SMILES string of the molecule is CCC(C(=O)NC(C)C)n1nc(C)c2sc3ccccc3c2c1=O. The lowest BCUT2D eigenvalue weighted by molar-refractivity contribution is -0.125. The predicted octanol–water partition coefficient (Wildman–Crippen LogP) is 3.40. The molecule has 0 saturated heterocycles. The van der Waals surface area contributed by atoms with Crippen LogP contribution in [-0.4, -0.2) is 21.7 Å². The summed E-state index contributed by atoms with van der Waals surface area (Å²) in [5.74, 6) is -0.166. The van der Waals surface area contributed by atoms with Crippen LogP contribution in [0.15, 0.2) is 29.1 Å². The first-order chi connectivity index (χ1) is 11.4. The van der Waals surface area contributed by atoms with Crippen molar-refractivity contribution in [1.82, 2.24) is 15.1 Å². The number of fused-ring (bicyclic) bond motifs is 3. The van der Waals surface area contributed by atoms with Gasteiger partial charge in [-0.2, -0.15) is 5.10 Å². The van der Waals surface area contributed by atoms with Gasteiger partial charge in [-0.25, -0.2) is 4.68 Å². The normalized spacial score (nSPS) is 12.9. The van der Waals surface area contributed by atoms with Crippen LogP contribution < -0.4 is 10.9 Å². The Bertz CT molecular complexity index is 971. The van der Waals surface area contributed by atoms with Gasteiger partial charge in [0, 0.05) is 16.1 Å². The fraction of sp³-hybridized carbons (Fsp3) is 0.389. The Morgan fingerprint density at radius 3 is 2.71 bits per heavy atom. The Kier molecular flexibility index (Phi) is 4.41. The lowest BCUT2D eigenvalue weighted by atomic mass is 10.1. The smallest absolute Gasteiger partial charge is 0.276 e. The van der Waals surface area contributed by atoms with E-state index in [9.17, 15) is 9.59 Å². The lowest BCUT2D eigenvalue weighted by Crippen LogP contribution is -2.41. The van der Waals surface area contributed by atoms with Crippen molar-refractivity contribution in [1.29, 1.82) is 0 Å². The molecule has 3 rings (SSSR count). The molecule has 3 aromatic rings. The molecule has 0 spiro atoms. The molecular weight excluding hydrogens is 322 g/mol. The average Bonchev–Trinajstić information content (AvgIpc) is 2.92. The molecule has 0 fully saturated rings. The van der Waals surface area contributed by atoms with Crippen LogP contribution in [0.1, 0.15) is 38.9 Å². The number of nitrogens with zero attached hydrogens (tertiary/aromatic N) is 2. The van der Waals surface area contributed by atoms with Crippen LogP contribution in [0.2, 0.25) is 0 Å². The van der Waals surface area contributed by atoms with E-state index >= 15 is 0 Å². The Morgan fingerprint density at radius 1 is 1.33 bits per heavy atom. The van der Waals surface area contributed by atoms with E-state index in [0.29, 0.717) is 11.8 Å². The highest BCUT2D eigenvalue weighted by atomic mass is 32.1. The number of rotatable bonds is 4. The van der Waals surface area contributed by atoms with Crippen molar-refractivity contribution >= 4 is 37.4 Å². The number of hydrogen-bond acceptors (Lipinski definition) is 4. The molecule has 1 unspecified atom stereocenters. The summed E-state index contributed by atoms with van der Waals surface area (Å²) in [5, 5.41) is 8.93. The predicted molar refractivity (Wildman–Crippen MR) is 98.7 cm³/mol. The number of carbonyl (C=O) groups excluding carboxylic acids is 1. The Balaban J connectivity index is 2.25. The van der Waals surface area contributed by atoms with Crippen molar-refractivity contribution in [2.45, 2.75) is 46.2 Å². The zero-order valence-corrected chi connectivity index (χ0v) is 15.1. The lowest BCUT2D eigenvalue weighted by Gasteiger charge is -2.19. The fourth-order valence-electron chi connectivity index (χ4n) is 2.94. The summed E-state index contributed by atoms with van der Waals surface area (Å²) in [4.78, 5) is 25.6. The van der Waals surface area contributed by atoms with Gasteiger partial charge < -0.3 is 5.32 Å². The quantitative estimate of drug-likeness (QED) is 0.790. The minimum atomic E-state index is -0.596. The van der Waals surface area contributed by atoms with Crippen LogP contribution in [0.4, 0.5) is 0 Å². The molecule has 1 atom stereocenters. The summed E-state index contributed by atoms with van der Waals surface area (Å²) in [6.45, 7) is 7.59. The first kappa shape index (κ1) is 16.6. The molecule has 1 amide bonds. The van der Waals surface area contributed by atoms with Gasteiger partial charge in [0.15, 0.2) is 0 Å². The van der Waals surface area contributed by atoms with E-state index in [4.69, 9.17) is 0 Å². The summed E-state index contributed by atoms with van der Waals surface area (Å²) >= 11 is 1.57. The molecule has 1 N–H and O–H groups in total. The topological polar surface area (TPSA) is 64.0 Å². The Morgan fingerprint density at radius 2 is 2.04 bits per heavy atom. The van der Waals surface area contributed by atoms with Gasteiger partial charge in [0.1, 0.15) is 6.04 Å².